The summed E-state index contributed by atoms with van der Waals surface area (Å²) in [6, 6.07) is 55.0. The zero-order valence-corrected chi connectivity index (χ0v) is 23.8. The van der Waals surface area contributed by atoms with Crippen LogP contribution >= 0.6 is 7.14 Å². The van der Waals surface area contributed by atoms with Crippen molar-refractivity contribution in [1.29, 1.82) is 0 Å². The van der Waals surface area contributed by atoms with E-state index < -0.39 is 7.14 Å². The van der Waals surface area contributed by atoms with Crippen LogP contribution in [0.2, 0.25) is 0 Å². The van der Waals surface area contributed by atoms with E-state index in [9.17, 15) is 4.57 Å². The van der Waals surface area contributed by atoms with Crippen LogP contribution in [0.3, 0.4) is 0 Å². The van der Waals surface area contributed by atoms with Crippen LogP contribution in [0.15, 0.2) is 158 Å². The molecule has 196 valence electrons. The van der Waals surface area contributed by atoms with E-state index in [4.69, 9.17) is 0 Å². The van der Waals surface area contributed by atoms with Crippen molar-refractivity contribution in [1.82, 2.24) is 0 Å². The zero-order valence-electron chi connectivity index (χ0n) is 22.9. The minimum Gasteiger partial charge on any atom is -0.314 e. The Balaban J connectivity index is 1.37. The molecule has 2 heteroatoms. The van der Waals surface area contributed by atoms with Gasteiger partial charge in [-0.05, 0) is 67.7 Å². The average molecular weight is 545 g/mol. The number of hydrogen-bond acceptors (Lipinski definition) is 1. The molecule has 7 aromatic carbocycles. The Morgan fingerprint density at radius 3 is 1.34 bits per heavy atom. The summed E-state index contributed by atoms with van der Waals surface area (Å²) in [4.78, 5) is 0. The second-order valence-electron chi connectivity index (χ2n) is 10.6. The van der Waals surface area contributed by atoms with E-state index in [0.29, 0.717) is 0 Å². The molecule has 0 aromatic heterocycles. The Morgan fingerprint density at radius 1 is 0.366 bits per heavy atom. The maximum atomic E-state index is 13.7. The topological polar surface area (TPSA) is 17.1 Å². The molecule has 0 heterocycles. The first-order chi connectivity index (χ1) is 20.1. The molecule has 0 amide bonds. The highest BCUT2D eigenvalue weighted by Gasteiger charge is 2.21. The monoisotopic (exact) mass is 544 g/mol. The first kappa shape index (κ1) is 25.3. The molecule has 0 saturated carbocycles. The summed E-state index contributed by atoms with van der Waals surface area (Å²) < 4.78 is 13.7. The van der Waals surface area contributed by atoms with Crippen molar-refractivity contribution in [3.05, 3.63) is 158 Å². The SMILES string of the molecule is CP(=O)(c1ccccc1)c1ccc(-c2cccc(-c3c4ccccc4c(-c4ccccc4)c4ccccc34)c2)cc1. The van der Waals surface area contributed by atoms with Crippen molar-refractivity contribution in [3.63, 3.8) is 0 Å². The van der Waals surface area contributed by atoms with Gasteiger partial charge in [-0.15, -0.1) is 0 Å². The van der Waals surface area contributed by atoms with Gasteiger partial charge in [-0.2, -0.15) is 0 Å². The largest absolute Gasteiger partial charge is 0.314 e. The molecule has 0 N–H and O–H groups in total. The molecule has 7 rings (SSSR count). The smallest absolute Gasteiger partial charge is 0.140 e. The van der Waals surface area contributed by atoms with E-state index in [2.05, 4.69) is 115 Å². The van der Waals surface area contributed by atoms with Crippen molar-refractivity contribution in [2.24, 2.45) is 0 Å². The lowest BCUT2D eigenvalue weighted by Gasteiger charge is -2.18. The Hall–Kier alpha value is -4.71. The highest BCUT2D eigenvalue weighted by molar-refractivity contribution is 7.78. The van der Waals surface area contributed by atoms with E-state index in [1.807, 2.05) is 49.1 Å². The van der Waals surface area contributed by atoms with Crippen LogP contribution in [0, 0.1) is 0 Å². The van der Waals surface area contributed by atoms with Gasteiger partial charge < -0.3 is 4.57 Å². The Labute approximate surface area is 241 Å². The minimum atomic E-state index is -2.65. The lowest BCUT2D eigenvalue weighted by Crippen LogP contribution is -2.14. The minimum absolute atomic E-state index is 0.872. The molecule has 1 unspecified atom stereocenters. The zero-order chi connectivity index (χ0) is 27.8. The standard InChI is InChI=1S/C39H29OP/c1-41(40,32-17-6-3-7-18-32)33-25-23-28(24-26-33)30-15-12-16-31(27-30)39-36-21-10-8-19-34(36)38(29-13-4-2-5-14-29)35-20-9-11-22-37(35)39/h2-27H,1H3. The van der Waals surface area contributed by atoms with E-state index in [1.54, 1.807) is 0 Å². The van der Waals surface area contributed by atoms with Crippen LogP contribution in [0.25, 0.3) is 54.9 Å². The van der Waals surface area contributed by atoms with Gasteiger partial charge in [-0.25, -0.2) is 0 Å². The van der Waals surface area contributed by atoms with Gasteiger partial charge in [0.2, 0.25) is 0 Å². The van der Waals surface area contributed by atoms with Gasteiger partial charge in [0.05, 0.1) is 0 Å². The molecule has 0 aliphatic heterocycles. The summed E-state index contributed by atoms with van der Waals surface area (Å²) in [5.41, 5.74) is 7.18. The number of rotatable bonds is 5. The fourth-order valence-electron chi connectivity index (χ4n) is 6.01. The molecule has 0 radical (unpaired) electrons. The quantitative estimate of drug-likeness (QED) is 0.156. The lowest BCUT2D eigenvalue weighted by atomic mass is 9.85. The summed E-state index contributed by atoms with van der Waals surface area (Å²) in [5.74, 6) is 0. The predicted octanol–water partition coefficient (Wildman–Crippen LogP) is 9.94. The van der Waals surface area contributed by atoms with Gasteiger partial charge in [0.15, 0.2) is 0 Å². The molecule has 7 aromatic rings. The lowest BCUT2D eigenvalue weighted by molar-refractivity contribution is 0.590. The van der Waals surface area contributed by atoms with Crippen LogP contribution in [0.4, 0.5) is 0 Å². The van der Waals surface area contributed by atoms with Gasteiger partial charge in [0.25, 0.3) is 0 Å². The number of hydrogen-bond donors (Lipinski definition) is 0. The third kappa shape index (κ3) is 4.49. The maximum absolute atomic E-state index is 13.7. The van der Waals surface area contributed by atoms with Gasteiger partial charge in [0, 0.05) is 10.6 Å². The van der Waals surface area contributed by atoms with E-state index in [0.717, 1.165) is 21.7 Å². The van der Waals surface area contributed by atoms with Gasteiger partial charge in [0.1, 0.15) is 7.14 Å². The summed E-state index contributed by atoms with van der Waals surface area (Å²) >= 11 is 0. The van der Waals surface area contributed by atoms with Gasteiger partial charge in [-0.3, -0.25) is 0 Å². The molecule has 41 heavy (non-hydrogen) atoms. The van der Waals surface area contributed by atoms with Crippen LogP contribution < -0.4 is 10.6 Å². The van der Waals surface area contributed by atoms with Gasteiger partial charge in [-0.1, -0.05) is 152 Å². The van der Waals surface area contributed by atoms with Crippen molar-refractivity contribution < 1.29 is 4.57 Å². The Kier molecular flexibility index (Phi) is 6.38. The third-order valence-electron chi connectivity index (χ3n) is 8.09. The normalized spacial score (nSPS) is 12.8. The molecule has 1 atom stereocenters. The number of fused-ring (bicyclic) bond motifs is 2. The molecule has 0 aliphatic carbocycles. The fourth-order valence-corrected chi connectivity index (χ4v) is 7.77. The van der Waals surface area contributed by atoms with Crippen LogP contribution in [-0.2, 0) is 4.57 Å². The average Bonchev–Trinajstić information content (AvgIpc) is 3.04. The van der Waals surface area contributed by atoms with Crippen LogP contribution in [0.1, 0.15) is 0 Å². The fraction of sp³-hybridized carbons (Fsp3) is 0.0256. The van der Waals surface area contributed by atoms with Gasteiger partial charge >= 0.3 is 0 Å². The predicted molar refractivity (Wildman–Crippen MR) is 177 cm³/mol. The first-order valence-electron chi connectivity index (χ1n) is 13.9. The molecule has 1 nitrogen and oxygen atoms in total. The van der Waals surface area contributed by atoms with Crippen molar-refractivity contribution in [3.8, 4) is 33.4 Å². The maximum Gasteiger partial charge on any atom is 0.140 e. The molecule has 0 spiro atoms. The van der Waals surface area contributed by atoms with Crippen molar-refractivity contribution in [2.45, 2.75) is 0 Å². The second kappa shape index (κ2) is 10.4. The molecule has 0 saturated heterocycles. The van der Waals surface area contributed by atoms with E-state index >= 15 is 0 Å². The second-order valence-corrected chi connectivity index (χ2v) is 13.5. The first-order valence-corrected chi connectivity index (χ1v) is 16.1. The molecule has 0 bridgehead atoms. The molecular weight excluding hydrogens is 515 g/mol. The van der Waals surface area contributed by atoms with Crippen LogP contribution in [0.5, 0.6) is 0 Å². The van der Waals surface area contributed by atoms with E-state index in [1.165, 1.54) is 43.8 Å². The molecule has 0 aliphatic rings. The molecular formula is C39H29OP. The highest BCUT2D eigenvalue weighted by atomic mass is 31.2. The van der Waals surface area contributed by atoms with Crippen LogP contribution in [-0.4, -0.2) is 6.66 Å². The number of benzene rings is 7. The Morgan fingerprint density at radius 2 is 0.780 bits per heavy atom. The van der Waals surface area contributed by atoms with E-state index in [-0.39, 0.29) is 0 Å². The summed E-state index contributed by atoms with van der Waals surface area (Å²) in [6.07, 6.45) is 0. The summed E-state index contributed by atoms with van der Waals surface area (Å²) in [6.45, 7) is 1.85. The summed E-state index contributed by atoms with van der Waals surface area (Å²) in [5, 5.41) is 6.74. The highest BCUT2D eigenvalue weighted by Crippen LogP contribution is 2.44. The molecule has 0 fully saturated rings. The third-order valence-corrected chi connectivity index (χ3v) is 10.7. The van der Waals surface area contributed by atoms with Crippen molar-refractivity contribution >= 4 is 39.3 Å². The summed E-state index contributed by atoms with van der Waals surface area (Å²) in [7, 11) is -2.65. The van der Waals surface area contributed by atoms with Crippen molar-refractivity contribution in [2.75, 3.05) is 6.66 Å². The Bertz CT molecular complexity index is 2000.